The van der Waals surface area contributed by atoms with E-state index < -0.39 is 0 Å². The molecule has 0 saturated heterocycles. The number of hydrogen-bond donors (Lipinski definition) is 1. The van der Waals surface area contributed by atoms with Crippen molar-refractivity contribution in [2.45, 2.75) is 53.8 Å². The van der Waals surface area contributed by atoms with Crippen molar-refractivity contribution in [3.05, 3.63) is 11.3 Å². The van der Waals surface area contributed by atoms with Crippen molar-refractivity contribution < 1.29 is 4.79 Å². The third-order valence-corrected chi connectivity index (χ3v) is 4.06. The number of nitrogens with one attached hydrogen (secondary N) is 1. The van der Waals surface area contributed by atoms with Gasteiger partial charge >= 0.3 is 0 Å². The lowest BCUT2D eigenvalue weighted by atomic mass is 10.0. The van der Waals surface area contributed by atoms with Crippen molar-refractivity contribution in [3.8, 4) is 0 Å². The molecule has 0 aliphatic heterocycles. The van der Waals surface area contributed by atoms with Crippen LogP contribution in [0.1, 0.15) is 39.0 Å². The van der Waals surface area contributed by atoms with Crippen LogP contribution in [0.4, 0.5) is 5.82 Å². The van der Waals surface area contributed by atoms with E-state index in [9.17, 15) is 4.79 Å². The molecule has 0 saturated carbocycles. The van der Waals surface area contributed by atoms with Gasteiger partial charge in [-0.25, -0.2) is 4.68 Å². The lowest BCUT2D eigenvalue weighted by molar-refractivity contribution is -0.132. The van der Waals surface area contributed by atoms with Gasteiger partial charge in [-0.15, -0.1) is 0 Å². The van der Waals surface area contributed by atoms with E-state index in [-0.39, 0.29) is 17.9 Å². The summed E-state index contributed by atoms with van der Waals surface area (Å²) < 4.78 is 2.08. The Morgan fingerprint density at radius 3 is 2.17 bits per heavy atom. The minimum atomic E-state index is -0.192. The second kappa shape index (κ2) is 8.51. The molecule has 0 fully saturated rings. The zero-order valence-electron chi connectivity index (χ0n) is 16.8. The highest BCUT2D eigenvalue weighted by molar-refractivity contribution is 5.81. The highest BCUT2D eigenvalue weighted by Crippen LogP contribution is 2.24. The van der Waals surface area contributed by atoms with E-state index in [1.54, 1.807) is 19.0 Å². The fourth-order valence-corrected chi connectivity index (χ4v) is 2.89. The van der Waals surface area contributed by atoms with Gasteiger partial charge in [0, 0.05) is 46.8 Å². The summed E-state index contributed by atoms with van der Waals surface area (Å²) in [6.45, 7) is 12.1. The zero-order chi connectivity index (χ0) is 18.6. The molecule has 1 atom stereocenters. The number of aromatic nitrogens is 2. The number of rotatable bonds is 8. The molecule has 1 amide bonds. The number of amides is 1. The van der Waals surface area contributed by atoms with Crippen LogP contribution in [0, 0.1) is 18.8 Å². The Balaban J connectivity index is 3.05. The molecule has 0 bridgehead atoms. The predicted molar refractivity (Wildman–Crippen MR) is 100 cm³/mol. The van der Waals surface area contributed by atoms with Crippen molar-refractivity contribution in [1.82, 2.24) is 20.0 Å². The van der Waals surface area contributed by atoms with E-state index >= 15 is 0 Å². The molecular weight excluding hydrogens is 302 g/mol. The van der Waals surface area contributed by atoms with Crippen molar-refractivity contribution in [3.63, 3.8) is 0 Å². The molecule has 0 radical (unpaired) electrons. The van der Waals surface area contributed by atoms with Crippen LogP contribution < -0.4 is 10.2 Å². The Kier molecular flexibility index (Phi) is 7.27. The molecule has 0 aliphatic carbocycles. The summed E-state index contributed by atoms with van der Waals surface area (Å²) in [5.41, 5.74) is 2.18. The van der Waals surface area contributed by atoms with Crippen LogP contribution in [0.5, 0.6) is 0 Å². The molecule has 138 valence electrons. The molecule has 1 N–H and O–H groups in total. The van der Waals surface area contributed by atoms with Gasteiger partial charge in [-0.05, 0) is 18.8 Å². The van der Waals surface area contributed by atoms with Gasteiger partial charge < -0.3 is 15.1 Å². The van der Waals surface area contributed by atoms with Crippen LogP contribution in [0.15, 0.2) is 0 Å². The maximum Gasteiger partial charge on any atom is 0.239 e. The summed E-state index contributed by atoms with van der Waals surface area (Å²) in [4.78, 5) is 16.2. The summed E-state index contributed by atoms with van der Waals surface area (Å²) >= 11 is 0. The molecule has 1 aromatic rings. The van der Waals surface area contributed by atoms with E-state index in [0.717, 1.165) is 23.6 Å². The number of carbonyl (C=O) groups excluding carboxylic acids is 1. The van der Waals surface area contributed by atoms with E-state index in [0.29, 0.717) is 12.5 Å². The molecule has 1 heterocycles. The van der Waals surface area contributed by atoms with Crippen molar-refractivity contribution in [2.75, 3.05) is 33.1 Å². The van der Waals surface area contributed by atoms with Crippen LogP contribution >= 0.6 is 0 Å². The van der Waals surface area contributed by atoms with E-state index in [2.05, 4.69) is 42.6 Å². The average Bonchev–Trinajstić information content (AvgIpc) is 2.73. The summed E-state index contributed by atoms with van der Waals surface area (Å²) in [7, 11) is 7.69. The first-order chi connectivity index (χ1) is 11.1. The van der Waals surface area contributed by atoms with Crippen LogP contribution in [0.2, 0.25) is 0 Å². The van der Waals surface area contributed by atoms with Gasteiger partial charge in [-0.2, -0.15) is 5.10 Å². The Labute approximate surface area is 147 Å². The smallest absolute Gasteiger partial charge is 0.239 e. The molecule has 1 rings (SSSR count). The fraction of sp³-hybridized carbons (Fsp3) is 0.778. The van der Waals surface area contributed by atoms with Crippen LogP contribution in [0.3, 0.4) is 0 Å². The molecule has 1 aromatic heterocycles. The van der Waals surface area contributed by atoms with Crippen LogP contribution in [-0.4, -0.2) is 54.8 Å². The van der Waals surface area contributed by atoms with Crippen molar-refractivity contribution in [2.24, 2.45) is 11.8 Å². The number of likely N-dealkylation sites (N-methyl/N-ethyl adjacent to an activating group) is 1. The highest BCUT2D eigenvalue weighted by atomic mass is 16.2. The lowest BCUT2D eigenvalue weighted by Gasteiger charge is -2.25. The second-order valence-electron chi connectivity index (χ2n) is 7.69. The summed E-state index contributed by atoms with van der Waals surface area (Å²) in [6, 6.07) is -0.192. The minimum absolute atomic E-state index is 0.114. The first kappa shape index (κ1) is 20.5. The predicted octanol–water partition coefficient (Wildman–Crippen LogP) is 2.12. The SMILES string of the molecule is Cc1nn(CC(C)C)c(N(C)C)c1CNC(C(=O)N(C)C)C(C)C. The maximum absolute atomic E-state index is 12.4. The van der Waals surface area contributed by atoms with Crippen LogP contribution in [-0.2, 0) is 17.9 Å². The monoisotopic (exact) mass is 337 g/mol. The topological polar surface area (TPSA) is 53.4 Å². The normalized spacial score (nSPS) is 12.8. The molecule has 0 spiro atoms. The van der Waals surface area contributed by atoms with E-state index in [4.69, 9.17) is 5.10 Å². The van der Waals surface area contributed by atoms with Gasteiger partial charge in [0.25, 0.3) is 0 Å². The average molecular weight is 338 g/mol. The van der Waals surface area contributed by atoms with Crippen molar-refractivity contribution in [1.29, 1.82) is 0 Å². The number of anilines is 1. The zero-order valence-corrected chi connectivity index (χ0v) is 16.8. The summed E-state index contributed by atoms with van der Waals surface area (Å²) in [5, 5.41) is 8.16. The van der Waals surface area contributed by atoms with Gasteiger partial charge in [-0.1, -0.05) is 27.7 Å². The highest BCUT2D eigenvalue weighted by Gasteiger charge is 2.25. The molecule has 1 unspecified atom stereocenters. The quantitative estimate of drug-likeness (QED) is 0.789. The van der Waals surface area contributed by atoms with Gasteiger partial charge in [0.1, 0.15) is 5.82 Å². The first-order valence-electron chi connectivity index (χ1n) is 8.74. The summed E-state index contributed by atoms with van der Waals surface area (Å²) in [5.74, 6) is 1.99. The molecule has 6 heteroatoms. The Morgan fingerprint density at radius 2 is 1.75 bits per heavy atom. The fourth-order valence-electron chi connectivity index (χ4n) is 2.89. The molecule has 24 heavy (non-hydrogen) atoms. The van der Waals surface area contributed by atoms with Crippen molar-refractivity contribution >= 4 is 11.7 Å². The van der Waals surface area contributed by atoms with E-state index in [1.807, 2.05) is 21.0 Å². The molecule has 0 aliphatic rings. The van der Waals surface area contributed by atoms with Crippen LogP contribution in [0.25, 0.3) is 0 Å². The number of carbonyl (C=O) groups is 1. The number of nitrogens with zero attached hydrogens (tertiary/aromatic N) is 4. The van der Waals surface area contributed by atoms with Gasteiger partial charge in [-0.3, -0.25) is 4.79 Å². The van der Waals surface area contributed by atoms with Gasteiger partial charge in [0.2, 0.25) is 5.91 Å². The number of hydrogen-bond acceptors (Lipinski definition) is 4. The lowest BCUT2D eigenvalue weighted by Crippen LogP contribution is -2.46. The third kappa shape index (κ3) is 4.97. The maximum atomic E-state index is 12.4. The van der Waals surface area contributed by atoms with E-state index in [1.165, 1.54) is 0 Å². The number of aryl methyl sites for hydroxylation is 1. The molecule has 6 nitrogen and oxygen atoms in total. The molecular formula is C18H35N5O. The summed E-state index contributed by atoms with van der Waals surface area (Å²) in [6.07, 6.45) is 0. The van der Waals surface area contributed by atoms with Gasteiger partial charge in [0.05, 0.1) is 11.7 Å². The Morgan fingerprint density at radius 1 is 1.17 bits per heavy atom. The first-order valence-corrected chi connectivity index (χ1v) is 8.74. The third-order valence-electron chi connectivity index (χ3n) is 4.06. The Bertz CT molecular complexity index is 546. The minimum Gasteiger partial charge on any atom is -0.363 e. The second-order valence-corrected chi connectivity index (χ2v) is 7.69. The van der Waals surface area contributed by atoms with Gasteiger partial charge in [0.15, 0.2) is 0 Å². The Hall–Kier alpha value is -1.56. The molecule has 0 aromatic carbocycles. The largest absolute Gasteiger partial charge is 0.363 e. The standard InChI is InChI=1S/C18H35N5O/c1-12(2)11-23-17(21(6)7)15(14(5)20-23)10-19-16(13(3)4)18(24)22(8)9/h12-13,16,19H,10-11H2,1-9H3.